The maximum absolute atomic E-state index is 10.3. The van der Waals surface area contributed by atoms with E-state index in [-0.39, 0.29) is 12.5 Å². The molecule has 1 saturated heterocycles. The van der Waals surface area contributed by atoms with Crippen LogP contribution in [0.15, 0.2) is 0 Å². The number of nitrogens with zero attached hydrogens (tertiary/aromatic N) is 1. The minimum Gasteiger partial charge on any atom is -0.272 e. The summed E-state index contributed by atoms with van der Waals surface area (Å²) in [6, 6.07) is -0.421. The average molecular weight is 116 g/mol. The van der Waals surface area contributed by atoms with E-state index in [2.05, 4.69) is 11.2 Å². The van der Waals surface area contributed by atoms with Crippen LogP contribution < -0.4 is 11.2 Å². The highest BCUT2D eigenvalue weighted by Gasteiger charge is 2.26. The molecular formula is C3H6N3O2+. The van der Waals surface area contributed by atoms with Gasteiger partial charge in [0.1, 0.15) is 0 Å². The Bertz CT molecular complexity index is 143. The Hall–Kier alpha value is -1.10. The Morgan fingerprint density at radius 2 is 2.25 bits per heavy atom. The highest BCUT2D eigenvalue weighted by atomic mass is 16.2. The number of hydrogen-bond acceptors (Lipinski definition) is 2. The zero-order valence-corrected chi connectivity index (χ0v) is 4.18. The first-order valence-electron chi connectivity index (χ1n) is 2.12. The van der Waals surface area contributed by atoms with Gasteiger partial charge in [0.25, 0.3) is 5.91 Å². The highest BCUT2D eigenvalue weighted by Crippen LogP contribution is 1.85. The molecule has 0 unspecified atom stereocenters. The molecule has 3 amide bonds. The van der Waals surface area contributed by atoms with Crippen LogP contribution >= 0.6 is 0 Å². The van der Waals surface area contributed by atoms with Crippen molar-refractivity contribution in [3.8, 4) is 0 Å². The summed E-state index contributed by atoms with van der Waals surface area (Å²) in [5, 5.41) is 3.12. The minimum atomic E-state index is -0.421. The molecule has 1 fully saturated rings. The molecule has 1 aliphatic rings. The molecule has 5 nitrogen and oxygen atoms in total. The maximum atomic E-state index is 10.3. The Kier molecular flexibility index (Phi) is 0.911. The van der Waals surface area contributed by atoms with Crippen LogP contribution in [-0.4, -0.2) is 23.5 Å². The van der Waals surface area contributed by atoms with E-state index >= 15 is 0 Å². The second kappa shape index (κ2) is 1.45. The number of imide groups is 1. The molecule has 8 heavy (non-hydrogen) atoms. The van der Waals surface area contributed by atoms with E-state index in [0.29, 0.717) is 0 Å². The predicted molar refractivity (Wildman–Crippen MR) is 23.1 cm³/mol. The second-order valence-corrected chi connectivity index (χ2v) is 1.55. The summed E-state index contributed by atoms with van der Waals surface area (Å²) in [5.41, 5.74) is 0. The lowest BCUT2D eigenvalue weighted by Gasteiger charge is -1.94. The lowest BCUT2D eigenvalue weighted by atomic mass is 10.7. The summed E-state index contributed by atoms with van der Waals surface area (Å²) in [4.78, 5) is 20.6. The number of quaternary nitrogens is 1. The molecule has 0 radical (unpaired) electrons. The Labute approximate surface area is 45.4 Å². The quantitative estimate of drug-likeness (QED) is 0.349. The van der Waals surface area contributed by atoms with Gasteiger partial charge in [-0.2, -0.15) is 5.01 Å². The smallest absolute Gasteiger partial charge is 0.272 e. The number of hydrogen-bond donors (Lipinski definition) is 2. The molecule has 0 bridgehead atoms. The molecule has 0 aliphatic carbocycles. The zero-order valence-electron chi connectivity index (χ0n) is 4.18. The summed E-state index contributed by atoms with van der Waals surface area (Å²) in [6.45, 7) is 0.0822. The maximum Gasteiger partial charge on any atom is 0.368 e. The lowest BCUT2D eigenvalue weighted by Crippen LogP contribution is -2.68. The van der Waals surface area contributed by atoms with Gasteiger partial charge in [0.15, 0.2) is 6.54 Å². The Morgan fingerprint density at radius 3 is 2.38 bits per heavy atom. The lowest BCUT2D eigenvalue weighted by molar-refractivity contribution is -0.541. The average Bonchev–Trinajstić information content (AvgIpc) is 1.85. The predicted octanol–water partition coefficient (Wildman–Crippen LogP) is -2.30. The molecule has 0 aromatic heterocycles. The summed E-state index contributed by atoms with van der Waals surface area (Å²) in [7, 11) is 0. The molecule has 0 atom stereocenters. The molecule has 1 rings (SSSR count). The van der Waals surface area contributed by atoms with Crippen LogP contribution in [0.4, 0.5) is 4.79 Å². The summed E-state index contributed by atoms with van der Waals surface area (Å²) >= 11 is 0. The van der Waals surface area contributed by atoms with Crippen LogP contribution in [0, 0.1) is 0 Å². The molecule has 1 aliphatic heterocycles. The largest absolute Gasteiger partial charge is 0.368 e. The monoisotopic (exact) mass is 116 g/mol. The van der Waals surface area contributed by atoms with Gasteiger partial charge in [-0.15, -0.1) is 0 Å². The van der Waals surface area contributed by atoms with E-state index in [1.54, 1.807) is 0 Å². The molecule has 5 heteroatoms. The fraction of sp³-hybridized carbons (Fsp3) is 0.333. The number of rotatable bonds is 0. The molecule has 44 valence electrons. The van der Waals surface area contributed by atoms with Crippen molar-refractivity contribution >= 4 is 11.9 Å². The van der Waals surface area contributed by atoms with Gasteiger partial charge in [0.2, 0.25) is 0 Å². The van der Waals surface area contributed by atoms with Crippen LogP contribution in [0.3, 0.4) is 0 Å². The number of amides is 3. The number of urea groups is 1. The van der Waals surface area contributed by atoms with Gasteiger partial charge < -0.3 is 0 Å². The normalized spacial score (nSPS) is 19.4. The van der Waals surface area contributed by atoms with Gasteiger partial charge in [-0.05, 0) is 0 Å². The molecule has 0 saturated carbocycles. The molecule has 0 aromatic rings. The van der Waals surface area contributed by atoms with Gasteiger partial charge in [-0.3, -0.25) is 16.0 Å². The van der Waals surface area contributed by atoms with Crippen molar-refractivity contribution in [2.75, 3.05) is 6.54 Å². The van der Waals surface area contributed by atoms with E-state index in [0.717, 1.165) is 5.01 Å². The van der Waals surface area contributed by atoms with Crippen molar-refractivity contribution in [3.05, 3.63) is 0 Å². The van der Waals surface area contributed by atoms with Crippen LogP contribution in [0.2, 0.25) is 0 Å². The summed E-state index contributed by atoms with van der Waals surface area (Å²) in [6.07, 6.45) is 0. The standard InChI is InChI=1S/C3H5N3O2/c4-6-1-2(7)5-3(6)8/h1,4H2,(H,5,7,8)/p+1. The van der Waals surface area contributed by atoms with E-state index in [1.807, 2.05) is 0 Å². The minimum absolute atomic E-state index is 0.0822. The van der Waals surface area contributed by atoms with Crippen LogP contribution in [0.1, 0.15) is 0 Å². The molecule has 0 aromatic carbocycles. The SMILES string of the molecule is [NH3+]N1CC(=O)NC1=O. The zero-order chi connectivity index (χ0) is 6.15. The van der Waals surface area contributed by atoms with Crippen LogP contribution in [0.25, 0.3) is 0 Å². The van der Waals surface area contributed by atoms with E-state index < -0.39 is 6.03 Å². The fourth-order valence-corrected chi connectivity index (χ4v) is 0.483. The number of carbonyl (C=O) groups is 2. The third-order valence-corrected chi connectivity index (χ3v) is 0.868. The topological polar surface area (TPSA) is 77.1 Å². The van der Waals surface area contributed by atoms with Crippen LogP contribution in [0.5, 0.6) is 0 Å². The van der Waals surface area contributed by atoms with Crippen molar-refractivity contribution in [3.63, 3.8) is 0 Å². The molecule has 4 N–H and O–H groups in total. The first-order chi connectivity index (χ1) is 3.70. The second-order valence-electron chi connectivity index (χ2n) is 1.55. The van der Waals surface area contributed by atoms with Crippen molar-refractivity contribution in [1.82, 2.24) is 10.3 Å². The fourth-order valence-electron chi connectivity index (χ4n) is 0.483. The molecular weight excluding hydrogens is 110 g/mol. The van der Waals surface area contributed by atoms with Crippen molar-refractivity contribution in [2.45, 2.75) is 0 Å². The number of carbonyl (C=O) groups excluding carboxylic acids is 2. The van der Waals surface area contributed by atoms with Gasteiger partial charge in [0.05, 0.1) is 0 Å². The Balaban J connectivity index is 2.64. The van der Waals surface area contributed by atoms with Crippen molar-refractivity contribution in [1.29, 1.82) is 0 Å². The van der Waals surface area contributed by atoms with Crippen molar-refractivity contribution in [2.24, 2.45) is 0 Å². The van der Waals surface area contributed by atoms with Gasteiger partial charge in [0, 0.05) is 0 Å². The first-order valence-corrected chi connectivity index (χ1v) is 2.12. The number of nitrogens with one attached hydrogen (secondary N) is 1. The Morgan fingerprint density at radius 1 is 1.62 bits per heavy atom. The first kappa shape index (κ1) is 5.04. The summed E-state index contributed by atoms with van der Waals surface area (Å²) in [5.74, 6) is 2.98. The summed E-state index contributed by atoms with van der Waals surface area (Å²) < 4.78 is 0. The molecule has 0 spiro atoms. The van der Waals surface area contributed by atoms with E-state index in [1.165, 1.54) is 0 Å². The van der Waals surface area contributed by atoms with Gasteiger partial charge in [-0.1, -0.05) is 0 Å². The highest BCUT2D eigenvalue weighted by molar-refractivity contribution is 6.00. The van der Waals surface area contributed by atoms with Crippen molar-refractivity contribution < 1.29 is 15.4 Å². The third kappa shape index (κ3) is 0.627. The molecule has 1 heterocycles. The van der Waals surface area contributed by atoms with Crippen LogP contribution in [-0.2, 0) is 4.79 Å². The van der Waals surface area contributed by atoms with E-state index in [4.69, 9.17) is 0 Å². The van der Waals surface area contributed by atoms with Gasteiger partial charge in [-0.25, -0.2) is 4.79 Å². The van der Waals surface area contributed by atoms with E-state index in [9.17, 15) is 9.59 Å². The third-order valence-electron chi connectivity index (χ3n) is 0.868. The van der Waals surface area contributed by atoms with Gasteiger partial charge >= 0.3 is 6.03 Å².